The molecule has 1 N–H and O–H groups in total. The SMILES string of the molecule is CCS(=O)CCNS(=O)(=O)c1cc(Br)c(C)cc1Br. The van der Waals surface area contributed by atoms with Crippen molar-refractivity contribution >= 4 is 52.7 Å². The lowest BCUT2D eigenvalue weighted by Crippen LogP contribution is -2.28. The Morgan fingerprint density at radius 1 is 1.26 bits per heavy atom. The molecule has 0 aromatic heterocycles. The molecular weight excluding hydrogens is 418 g/mol. The second kappa shape index (κ2) is 7.31. The van der Waals surface area contributed by atoms with Gasteiger partial charge >= 0.3 is 0 Å². The lowest BCUT2D eigenvalue weighted by molar-refractivity contribution is 0.583. The van der Waals surface area contributed by atoms with Crippen molar-refractivity contribution in [2.75, 3.05) is 18.1 Å². The molecule has 0 aliphatic rings. The maximum absolute atomic E-state index is 12.1. The van der Waals surface area contributed by atoms with E-state index in [9.17, 15) is 12.6 Å². The Kier molecular flexibility index (Phi) is 6.65. The smallest absolute Gasteiger partial charge is 0.241 e. The van der Waals surface area contributed by atoms with Crippen LogP contribution >= 0.6 is 31.9 Å². The molecule has 1 atom stereocenters. The van der Waals surface area contributed by atoms with Gasteiger partial charge in [-0.3, -0.25) is 4.21 Å². The fourth-order valence-electron chi connectivity index (χ4n) is 1.35. The summed E-state index contributed by atoms with van der Waals surface area (Å²) in [5.41, 5.74) is 0.943. The first-order chi connectivity index (χ1) is 8.77. The molecule has 0 saturated carbocycles. The molecule has 0 aliphatic carbocycles. The summed E-state index contributed by atoms with van der Waals surface area (Å²) in [4.78, 5) is 0.173. The number of aryl methyl sites for hydroxylation is 1. The molecule has 8 heteroatoms. The summed E-state index contributed by atoms with van der Waals surface area (Å²) in [6, 6.07) is 3.29. The van der Waals surface area contributed by atoms with Gasteiger partial charge in [0.15, 0.2) is 0 Å². The van der Waals surface area contributed by atoms with Crippen LogP contribution in [0, 0.1) is 6.92 Å². The van der Waals surface area contributed by atoms with Gasteiger partial charge in [0.2, 0.25) is 10.0 Å². The normalized spacial score (nSPS) is 13.5. The van der Waals surface area contributed by atoms with Gasteiger partial charge in [0.1, 0.15) is 0 Å². The zero-order valence-corrected chi connectivity index (χ0v) is 15.4. The van der Waals surface area contributed by atoms with Gasteiger partial charge < -0.3 is 0 Å². The maximum Gasteiger partial charge on any atom is 0.241 e. The second-order valence-electron chi connectivity index (χ2n) is 3.86. The van der Waals surface area contributed by atoms with Crippen LogP contribution in [0.3, 0.4) is 0 Å². The van der Waals surface area contributed by atoms with Gasteiger partial charge in [-0.05, 0) is 40.5 Å². The van der Waals surface area contributed by atoms with Crippen LogP contribution in [0.2, 0.25) is 0 Å². The van der Waals surface area contributed by atoms with Gasteiger partial charge in [0.25, 0.3) is 0 Å². The van der Waals surface area contributed by atoms with Crippen molar-refractivity contribution in [1.82, 2.24) is 4.72 Å². The van der Waals surface area contributed by atoms with Crippen LogP contribution in [0.15, 0.2) is 26.0 Å². The average Bonchev–Trinajstić information content (AvgIpc) is 2.33. The number of hydrogen-bond donors (Lipinski definition) is 1. The van der Waals surface area contributed by atoms with Crippen molar-refractivity contribution in [3.63, 3.8) is 0 Å². The first-order valence-corrected chi connectivity index (χ1v) is 10.1. The van der Waals surface area contributed by atoms with Gasteiger partial charge in [-0.25, -0.2) is 13.1 Å². The third-order valence-electron chi connectivity index (χ3n) is 2.45. The third-order valence-corrected chi connectivity index (χ3v) is 7.02. The summed E-state index contributed by atoms with van der Waals surface area (Å²) in [6.45, 7) is 3.85. The lowest BCUT2D eigenvalue weighted by atomic mass is 10.2. The van der Waals surface area contributed by atoms with Crippen LogP contribution in [-0.2, 0) is 20.8 Å². The van der Waals surface area contributed by atoms with E-state index in [4.69, 9.17) is 0 Å². The predicted octanol–water partition coefficient (Wildman–Crippen LogP) is 2.57. The number of sulfonamides is 1. The quantitative estimate of drug-likeness (QED) is 0.751. The molecule has 1 aromatic carbocycles. The Balaban J connectivity index is 2.89. The van der Waals surface area contributed by atoms with E-state index >= 15 is 0 Å². The Morgan fingerprint density at radius 2 is 1.89 bits per heavy atom. The Labute approximate surface area is 133 Å². The minimum Gasteiger partial charge on any atom is -0.260 e. The third kappa shape index (κ3) is 4.93. The van der Waals surface area contributed by atoms with E-state index in [1.165, 1.54) is 0 Å². The highest BCUT2D eigenvalue weighted by atomic mass is 79.9. The van der Waals surface area contributed by atoms with Gasteiger partial charge in [0.05, 0.1) is 4.90 Å². The molecule has 0 spiro atoms. The average molecular weight is 433 g/mol. The van der Waals surface area contributed by atoms with Crippen molar-refractivity contribution in [2.24, 2.45) is 0 Å². The van der Waals surface area contributed by atoms with Crippen molar-refractivity contribution < 1.29 is 12.6 Å². The van der Waals surface area contributed by atoms with E-state index in [0.717, 1.165) is 10.0 Å². The minimum atomic E-state index is -3.60. The predicted molar refractivity (Wildman–Crippen MR) is 85.3 cm³/mol. The number of rotatable bonds is 6. The summed E-state index contributed by atoms with van der Waals surface area (Å²) in [7, 11) is -4.57. The van der Waals surface area contributed by atoms with Crippen LogP contribution in [0.5, 0.6) is 0 Å². The molecular formula is C11H15Br2NO3S2. The van der Waals surface area contributed by atoms with Gasteiger partial charge in [0, 0.05) is 37.8 Å². The molecule has 1 rings (SSSR count). The second-order valence-corrected chi connectivity index (χ2v) is 9.17. The van der Waals surface area contributed by atoms with Crippen molar-refractivity contribution in [3.8, 4) is 0 Å². The molecule has 108 valence electrons. The maximum atomic E-state index is 12.1. The van der Waals surface area contributed by atoms with Crippen LogP contribution in [0.25, 0.3) is 0 Å². The van der Waals surface area contributed by atoms with E-state index in [1.807, 2.05) is 6.92 Å². The van der Waals surface area contributed by atoms with Gasteiger partial charge in [-0.1, -0.05) is 22.9 Å². The number of nitrogens with one attached hydrogen (secondary N) is 1. The molecule has 0 fully saturated rings. The fraction of sp³-hybridized carbons (Fsp3) is 0.455. The summed E-state index contributed by atoms with van der Waals surface area (Å²) in [5.74, 6) is 0.849. The number of benzene rings is 1. The molecule has 1 aromatic rings. The standard InChI is InChI=1S/C11H15Br2NO3S2/c1-3-18(15)5-4-14-19(16,17)11-7-9(12)8(2)6-10(11)13/h6-7,14H,3-5H2,1-2H3. The molecule has 0 radical (unpaired) electrons. The summed E-state index contributed by atoms with van der Waals surface area (Å²) in [6.07, 6.45) is 0. The van der Waals surface area contributed by atoms with Crippen LogP contribution in [0.1, 0.15) is 12.5 Å². The fourth-order valence-corrected chi connectivity index (χ4v) is 4.80. The van der Waals surface area contributed by atoms with E-state index in [-0.39, 0.29) is 11.4 Å². The van der Waals surface area contributed by atoms with E-state index in [1.54, 1.807) is 19.1 Å². The molecule has 0 amide bonds. The zero-order chi connectivity index (χ0) is 14.6. The van der Waals surface area contributed by atoms with E-state index < -0.39 is 20.8 Å². The molecule has 1 unspecified atom stereocenters. The molecule has 4 nitrogen and oxygen atoms in total. The monoisotopic (exact) mass is 431 g/mol. The van der Waals surface area contributed by atoms with Crippen molar-refractivity contribution in [2.45, 2.75) is 18.7 Å². The summed E-state index contributed by atoms with van der Waals surface area (Å²) < 4.78 is 39.2. The number of hydrogen-bond acceptors (Lipinski definition) is 3. The van der Waals surface area contributed by atoms with Gasteiger partial charge in [-0.15, -0.1) is 0 Å². The Hall–Kier alpha value is 0.240. The highest BCUT2D eigenvalue weighted by Crippen LogP contribution is 2.28. The summed E-state index contributed by atoms with van der Waals surface area (Å²) in [5, 5.41) is 0. The first-order valence-electron chi connectivity index (χ1n) is 5.58. The van der Waals surface area contributed by atoms with Crippen LogP contribution < -0.4 is 4.72 Å². The molecule has 0 aliphatic heterocycles. The van der Waals surface area contributed by atoms with Crippen LogP contribution in [0.4, 0.5) is 0 Å². The van der Waals surface area contributed by atoms with Crippen molar-refractivity contribution in [1.29, 1.82) is 0 Å². The highest BCUT2D eigenvalue weighted by molar-refractivity contribution is 9.11. The first kappa shape index (κ1) is 17.3. The van der Waals surface area contributed by atoms with Crippen LogP contribution in [-0.4, -0.2) is 30.7 Å². The lowest BCUT2D eigenvalue weighted by Gasteiger charge is -2.10. The van der Waals surface area contributed by atoms with Gasteiger partial charge in [-0.2, -0.15) is 0 Å². The summed E-state index contributed by atoms with van der Waals surface area (Å²) >= 11 is 6.57. The largest absolute Gasteiger partial charge is 0.260 e. The molecule has 0 saturated heterocycles. The molecule has 19 heavy (non-hydrogen) atoms. The minimum absolute atomic E-state index is 0.167. The molecule has 0 heterocycles. The highest BCUT2D eigenvalue weighted by Gasteiger charge is 2.18. The topological polar surface area (TPSA) is 63.2 Å². The Morgan fingerprint density at radius 3 is 2.47 bits per heavy atom. The molecule has 0 bridgehead atoms. The number of halogens is 2. The van der Waals surface area contributed by atoms with E-state index in [2.05, 4.69) is 36.6 Å². The van der Waals surface area contributed by atoms with Crippen molar-refractivity contribution in [3.05, 3.63) is 26.6 Å². The Bertz CT molecular complexity index is 588. The zero-order valence-electron chi connectivity index (χ0n) is 10.6. The van der Waals surface area contributed by atoms with E-state index in [0.29, 0.717) is 16.0 Å².